The van der Waals surface area contributed by atoms with Crippen molar-refractivity contribution in [3.63, 3.8) is 0 Å². The molecular formula is C18H28N6O2S. The predicted molar refractivity (Wildman–Crippen MR) is 108 cm³/mol. The summed E-state index contributed by atoms with van der Waals surface area (Å²) in [4.78, 5) is 8.78. The van der Waals surface area contributed by atoms with Gasteiger partial charge in [-0.2, -0.15) is 0 Å². The number of hydrogen-bond acceptors (Lipinski definition) is 4. The molecule has 1 saturated heterocycles. The molecule has 1 aliphatic heterocycles. The Hall–Kier alpha value is -2.13. The van der Waals surface area contributed by atoms with Gasteiger partial charge in [-0.15, -0.1) is 0 Å². The van der Waals surface area contributed by atoms with Gasteiger partial charge in [0.2, 0.25) is 10.0 Å². The van der Waals surface area contributed by atoms with E-state index in [1.165, 1.54) is 0 Å². The summed E-state index contributed by atoms with van der Waals surface area (Å²) in [6.07, 6.45) is 1.65. The fourth-order valence-electron chi connectivity index (χ4n) is 3.38. The number of aromatic nitrogens is 2. The third-order valence-electron chi connectivity index (χ3n) is 4.78. The van der Waals surface area contributed by atoms with Gasteiger partial charge in [0.1, 0.15) is 5.82 Å². The molecule has 0 amide bonds. The van der Waals surface area contributed by atoms with E-state index in [0.29, 0.717) is 25.6 Å². The highest BCUT2D eigenvalue weighted by Gasteiger charge is 2.27. The summed E-state index contributed by atoms with van der Waals surface area (Å²) < 4.78 is 27.4. The SMILES string of the molecule is CN=C(NCCCn1c(C)nc2ccccc21)NCCN1CCCS1(=O)=O. The number of nitrogens with one attached hydrogen (secondary N) is 2. The van der Waals surface area contributed by atoms with Crippen LogP contribution in [0.3, 0.4) is 0 Å². The van der Waals surface area contributed by atoms with Crippen LogP contribution in [0, 0.1) is 6.92 Å². The van der Waals surface area contributed by atoms with Gasteiger partial charge in [0.05, 0.1) is 16.8 Å². The van der Waals surface area contributed by atoms with Crippen LogP contribution in [0.1, 0.15) is 18.7 Å². The van der Waals surface area contributed by atoms with Gasteiger partial charge in [-0.05, 0) is 31.9 Å². The second-order valence-electron chi connectivity index (χ2n) is 6.65. The predicted octanol–water partition coefficient (Wildman–Crippen LogP) is 0.935. The molecule has 0 saturated carbocycles. The van der Waals surface area contributed by atoms with Gasteiger partial charge in [-0.1, -0.05) is 12.1 Å². The van der Waals surface area contributed by atoms with Crippen molar-refractivity contribution in [1.82, 2.24) is 24.5 Å². The fraction of sp³-hybridized carbons (Fsp3) is 0.556. The second kappa shape index (κ2) is 8.71. The van der Waals surface area contributed by atoms with E-state index >= 15 is 0 Å². The molecule has 1 aromatic carbocycles. The van der Waals surface area contributed by atoms with Crippen LogP contribution >= 0.6 is 0 Å². The maximum absolute atomic E-state index is 11.8. The number of nitrogens with zero attached hydrogens (tertiary/aromatic N) is 4. The minimum Gasteiger partial charge on any atom is -0.356 e. The summed E-state index contributed by atoms with van der Waals surface area (Å²) in [6, 6.07) is 8.16. The van der Waals surface area contributed by atoms with E-state index < -0.39 is 10.0 Å². The highest BCUT2D eigenvalue weighted by molar-refractivity contribution is 7.89. The Morgan fingerprint density at radius 3 is 2.74 bits per heavy atom. The van der Waals surface area contributed by atoms with Crippen LogP contribution in [0.5, 0.6) is 0 Å². The summed E-state index contributed by atoms with van der Waals surface area (Å²) in [5.41, 5.74) is 2.18. The van der Waals surface area contributed by atoms with Crippen LogP contribution in [0.25, 0.3) is 11.0 Å². The first kappa shape index (κ1) is 19.6. The van der Waals surface area contributed by atoms with Crippen molar-refractivity contribution in [3.05, 3.63) is 30.1 Å². The van der Waals surface area contributed by atoms with E-state index in [0.717, 1.165) is 42.8 Å². The zero-order valence-electron chi connectivity index (χ0n) is 16.0. The Kier molecular flexibility index (Phi) is 6.33. The molecular weight excluding hydrogens is 364 g/mol. The smallest absolute Gasteiger partial charge is 0.214 e. The van der Waals surface area contributed by atoms with Gasteiger partial charge in [0.15, 0.2) is 5.96 Å². The normalized spacial score (nSPS) is 17.5. The molecule has 1 aromatic heterocycles. The lowest BCUT2D eigenvalue weighted by Gasteiger charge is -2.16. The zero-order chi connectivity index (χ0) is 19.3. The summed E-state index contributed by atoms with van der Waals surface area (Å²) in [6.45, 7) is 5.32. The van der Waals surface area contributed by atoms with E-state index in [9.17, 15) is 8.42 Å². The number of imidazole rings is 1. The topological polar surface area (TPSA) is 91.6 Å². The minimum absolute atomic E-state index is 0.266. The Bertz CT molecular complexity index is 906. The van der Waals surface area contributed by atoms with E-state index in [4.69, 9.17) is 0 Å². The summed E-state index contributed by atoms with van der Waals surface area (Å²) in [5.74, 6) is 1.98. The highest BCUT2D eigenvalue weighted by Crippen LogP contribution is 2.15. The van der Waals surface area contributed by atoms with Gasteiger partial charge in [-0.25, -0.2) is 17.7 Å². The van der Waals surface area contributed by atoms with Crippen molar-refractivity contribution in [2.45, 2.75) is 26.3 Å². The van der Waals surface area contributed by atoms with Gasteiger partial charge >= 0.3 is 0 Å². The number of benzene rings is 1. The zero-order valence-corrected chi connectivity index (χ0v) is 16.8. The molecule has 1 fully saturated rings. The third kappa shape index (κ3) is 4.78. The molecule has 3 rings (SSSR count). The van der Waals surface area contributed by atoms with Gasteiger partial charge in [-0.3, -0.25) is 4.99 Å². The van der Waals surface area contributed by atoms with Crippen LogP contribution in [-0.4, -0.2) is 67.2 Å². The Morgan fingerprint density at radius 1 is 1.22 bits per heavy atom. The first-order valence-corrected chi connectivity index (χ1v) is 11.0. The summed E-state index contributed by atoms with van der Waals surface area (Å²) >= 11 is 0. The van der Waals surface area contributed by atoms with Crippen molar-refractivity contribution in [2.24, 2.45) is 4.99 Å². The standard InChI is InChI=1S/C18H28N6O2S/c1-15-22-16-7-3-4-8-17(16)24(15)12-5-9-20-18(19-2)21-10-13-23-11-6-14-27(23,25)26/h3-4,7-8H,5-6,9-14H2,1-2H3,(H2,19,20,21). The lowest BCUT2D eigenvalue weighted by atomic mass is 10.3. The molecule has 0 aliphatic carbocycles. The summed E-state index contributed by atoms with van der Waals surface area (Å²) in [5, 5.41) is 6.47. The van der Waals surface area contributed by atoms with Crippen molar-refractivity contribution >= 4 is 27.0 Å². The van der Waals surface area contributed by atoms with E-state index in [-0.39, 0.29) is 5.75 Å². The van der Waals surface area contributed by atoms with Crippen molar-refractivity contribution in [3.8, 4) is 0 Å². The van der Waals surface area contributed by atoms with Gasteiger partial charge in [0.25, 0.3) is 0 Å². The highest BCUT2D eigenvalue weighted by atomic mass is 32.2. The summed E-state index contributed by atoms with van der Waals surface area (Å²) in [7, 11) is -1.32. The monoisotopic (exact) mass is 392 g/mol. The lowest BCUT2D eigenvalue weighted by molar-refractivity contribution is 0.445. The van der Waals surface area contributed by atoms with Crippen molar-refractivity contribution in [1.29, 1.82) is 0 Å². The molecule has 0 radical (unpaired) electrons. The van der Waals surface area contributed by atoms with Crippen molar-refractivity contribution in [2.75, 3.05) is 39.0 Å². The quantitative estimate of drug-likeness (QED) is 0.416. The van der Waals surface area contributed by atoms with Crippen LogP contribution in [-0.2, 0) is 16.6 Å². The molecule has 2 heterocycles. The molecule has 2 aromatic rings. The molecule has 8 nitrogen and oxygen atoms in total. The first-order valence-electron chi connectivity index (χ1n) is 9.35. The average Bonchev–Trinajstić information content (AvgIpc) is 3.15. The number of aryl methyl sites for hydroxylation is 2. The Balaban J connectivity index is 1.41. The molecule has 148 valence electrons. The molecule has 0 bridgehead atoms. The number of rotatable bonds is 7. The number of guanidine groups is 1. The van der Waals surface area contributed by atoms with E-state index in [1.807, 2.05) is 25.1 Å². The fourth-order valence-corrected chi connectivity index (χ4v) is 4.91. The maximum Gasteiger partial charge on any atom is 0.214 e. The van der Waals surface area contributed by atoms with Crippen LogP contribution < -0.4 is 10.6 Å². The molecule has 1 aliphatic rings. The first-order chi connectivity index (χ1) is 13.0. The minimum atomic E-state index is -3.04. The molecule has 9 heteroatoms. The number of para-hydroxylation sites is 2. The van der Waals surface area contributed by atoms with Gasteiger partial charge < -0.3 is 15.2 Å². The maximum atomic E-state index is 11.8. The Labute approximate surface area is 160 Å². The molecule has 0 unspecified atom stereocenters. The lowest BCUT2D eigenvalue weighted by Crippen LogP contribution is -2.42. The number of hydrogen-bond donors (Lipinski definition) is 2. The largest absolute Gasteiger partial charge is 0.356 e. The van der Waals surface area contributed by atoms with E-state index in [1.54, 1.807) is 11.4 Å². The average molecular weight is 393 g/mol. The van der Waals surface area contributed by atoms with Crippen LogP contribution in [0.15, 0.2) is 29.3 Å². The van der Waals surface area contributed by atoms with Crippen LogP contribution in [0.4, 0.5) is 0 Å². The van der Waals surface area contributed by atoms with Crippen LogP contribution in [0.2, 0.25) is 0 Å². The second-order valence-corrected chi connectivity index (χ2v) is 8.74. The van der Waals surface area contributed by atoms with Gasteiger partial charge in [0, 0.05) is 39.8 Å². The van der Waals surface area contributed by atoms with E-state index in [2.05, 4.69) is 31.2 Å². The molecule has 27 heavy (non-hydrogen) atoms. The number of aliphatic imine (C=N–C) groups is 1. The molecule has 0 spiro atoms. The number of fused-ring (bicyclic) bond motifs is 1. The number of sulfonamides is 1. The Morgan fingerprint density at radius 2 is 2.00 bits per heavy atom. The third-order valence-corrected chi connectivity index (χ3v) is 6.73. The molecule has 0 atom stereocenters. The molecule has 2 N–H and O–H groups in total. The van der Waals surface area contributed by atoms with Crippen molar-refractivity contribution < 1.29 is 8.42 Å².